The molecule has 1 fully saturated rings. The third-order valence-electron chi connectivity index (χ3n) is 3.99. The Morgan fingerprint density at radius 3 is 2.59 bits per heavy atom. The molecule has 2 aromatic rings. The number of nitrogens with zero attached hydrogens (tertiary/aromatic N) is 2. The predicted octanol–water partition coefficient (Wildman–Crippen LogP) is 2.38. The second-order valence-corrected chi connectivity index (χ2v) is 7.63. The molecule has 2 heterocycles. The van der Waals surface area contributed by atoms with E-state index in [-0.39, 0.29) is 5.92 Å². The maximum atomic E-state index is 13.2. The van der Waals surface area contributed by atoms with Gasteiger partial charge in [0, 0.05) is 36.3 Å². The Morgan fingerprint density at radius 2 is 1.91 bits per heavy atom. The molecule has 1 aromatic heterocycles. The van der Waals surface area contributed by atoms with E-state index >= 15 is 0 Å². The maximum Gasteiger partial charge on any atom is 0.244 e. The molecule has 6 heteroatoms. The lowest BCUT2D eigenvalue weighted by atomic mass is 10.00. The van der Waals surface area contributed by atoms with E-state index in [2.05, 4.69) is 4.98 Å². The van der Waals surface area contributed by atoms with E-state index < -0.39 is 10.0 Å². The van der Waals surface area contributed by atoms with Crippen LogP contribution < -0.4 is 0 Å². The largest absolute Gasteiger partial charge is 0.379 e. The molecule has 1 aliphatic rings. The second kappa shape index (κ2) is 5.95. The third-order valence-corrected chi connectivity index (χ3v) is 6.01. The third kappa shape index (κ3) is 2.62. The first-order valence-corrected chi connectivity index (χ1v) is 8.90. The van der Waals surface area contributed by atoms with Crippen LogP contribution in [0.2, 0.25) is 0 Å². The fraction of sp³-hybridized carbons (Fsp3) is 0.438. The second-order valence-electron chi connectivity index (χ2n) is 5.75. The molecule has 22 heavy (non-hydrogen) atoms. The zero-order chi connectivity index (χ0) is 15.7. The number of morpholine rings is 1. The average Bonchev–Trinajstić information content (AvgIpc) is 2.54. The molecule has 0 N–H and O–H groups in total. The molecule has 1 aliphatic heterocycles. The first-order valence-electron chi connectivity index (χ1n) is 7.46. The van der Waals surface area contributed by atoms with Gasteiger partial charge in [-0.05, 0) is 17.5 Å². The highest BCUT2D eigenvalue weighted by molar-refractivity contribution is 7.89. The van der Waals surface area contributed by atoms with Gasteiger partial charge in [0.2, 0.25) is 10.0 Å². The van der Waals surface area contributed by atoms with E-state index in [0.717, 1.165) is 16.3 Å². The SMILES string of the molecule is CC(C)c1ccc2cnccc2c1S(=O)(=O)N1CCOCC1. The normalized spacial score (nSPS) is 17.2. The molecule has 0 bridgehead atoms. The van der Waals surface area contributed by atoms with Crippen LogP contribution >= 0.6 is 0 Å². The number of ether oxygens (including phenoxy) is 1. The number of rotatable bonds is 3. The smallest absolute Gasteiger partial charge is 0.244 e. The van der Waals surface area contributed by atoms with Crippen LogP contribution in [-0.2, 0) is 14.8 Å². The van der Waals surface area contributed by atoms with Gasteiger partial charge < -0.3 is 4.74 Å². The monoisotopic (exact) mass is 320 g/mol. The molecule has 0 aliphatic carbocycles. The van der Waals surface area contributed by atoms with Crippen molar-refractivity contribution in [3.63, 3.8) is 0 Å². The lowest BCUT2D eigenvalue weighted by molar-refractivity contribution is 0.0730. The van der Waals surface area contributed by atoms with Gasteiger partial charge >= 0.3 is 0 Å². The molecule has 1 aromatic carbocycles. The Bertz CT molecular complexity index is 781. The highest BCUT2D eigenvalue weighted by Gasteiger charge is 2.30. The number of aromatic nitrogens is 1. The van der Waals surface area contributed by atoms with Gasteiger partial charge in [0.15, 0.2) is 0 Å². The Morgan fingerprint density at radius 1 is 1.18 bits per heavy atom. The molecule has 0 spiro atoms. The maximum absolute atomic E-state index is 13.2. The molecule has 0 atom stereocenters. The van der Waals surface area contributed by atoms with Crippen molar-refractivity contribution >= 4 is 20.8 Å². The summed E-state index contributed by atoms with van der Waals surface area (Å²) in [6, 6.07) is 5.63. The van der Waals surface area contributed by atoms with Crippen molar-refractivity contribution in [2.75, 3.05) is 26.3 Å². The highest BCUT2D eigenvalue weighted by Crippen LogP contribution is 2.33. The van der Waals surface area contributed by atoms with Crippen LogP contribution in [0.3, 0.4) is 0 Å². The molecule has 3 rings (SSSR count). The first-order chi connectivity index (χ1) is 10.5. The minimum absolute atomic E-state index is 0.128. The number of hydrogen-bond acceptors (Lipinski definition) is 4. The number of sulfonamides is 1. The lowest BCUT2D eigenvalue weighted by Gasteiger charge is -2.28. The Labute approximate surface area is 131 Å². The zero-order valence-corrected chi connectivity index (χ0v) is 13.6. The van der Waals surface area contributed by atoms with Crippen LogP contribution in [0.4, 0.5) is 0 Å². The molecule has 5 nitrogen and oxygen atoms in total. The van der Waals surface area contributed by atoms with E-state index in [9.17, 15) is 8.42 Å². The average molecular weight is 320 g/mol. The summed E-state index contributed by atoms with van der Waals surface area (Å²) in [7, 11) is -3.54. The zero-order valence-electron chi connectivity index (χ0n) is 12.8. The molecule has 118 valence electrons. The van der Waals surface area contributed by atoms with Crippen molar-refractivity contribution < 1.29 is 13.2 Å². The highest BCUT2D eigenvalue weighted by atomic mass is 32.2. The number of fused-ring (bicyclic) bond motifs is 1. The van der Waals surface area contributed by atoms with Crippen molar-refractivity contribution in [1.82, 2.24) is 9.29 Å². The van der Waals surface area contributed by atoms with Crippen molar-refractivity contribution in [2.24, 2.45) is 0 Å². The Balaban J connectivity index is 2.25. The summed E-state index contributed by atoms with van der Waals surface area (Å²) in [5, 5.41) is 1.59. The lowest BCUT2D eigenvalue weighted by Crippen LogP contribution is -2.41. The summed E-state index contributed by atoms with van der Waals surface area (Å²) in [5.74, 6) is 0.128. The number of benzene rings is 1. The molecular weight excluding hydrogens is 300 g/mol. The quantitative estimate of drug-likeness (QED) is 0.871. The van der Waals surface area contributed by atoms with Crippen LogP contribution in [0.1, 0.15) is 25.3 Å². The molecule has 0 unspecified atom stereocenters. The van der Waals surface area contributed by atoms with Gasteiger partial charge in [-0.15, -0.1) is 0 Å². The van der Waals surface area contributed by atoms with Gasteiger partial charge in [0.25, 0.3) is 0 Å². The first kappa shape index (κ1) is 15.4. The van der Waals surface area contributed by atoms with Gasteiger partial charge in [0.05, 0.1) is 18.1 Å². The summed E-state index contributed by atoms with van der Waals surface area (Å²) in [5.41, 5.74) is 0.852. The van der Waals surface area contributed by atoms with Gasteiger partial charge in [-0.25, -0.2) is 8.42 Å². The van der Waals surface area contributed by atoms with Crippen molar-refractivity contribution in [1.29, 1.82) is 0 Å². The minimum atomic E-state index is -3.54. The Kier molecular flexibility index (Phi) is 4.16. The summed E-state index contributed by atoms with van der Waals surface area (Å²) in [6.45, 7) is 5.73. The molecule has 0 saturated carbocycles. The van der Waals surface area contributed by atoms with Crippen LogP contribution in [0.15, 0.2) is 35.5 Å². The van der Waals surface area contributed by atoms with Crippen molar-refractivity contribution in [3.05, 3.63) is 36.2 Å². The van der Waals surface area contributed by atoms with Crippen LogP contribution in [0, 0.1) is 0 Å². The van der Waals surface area contributed by atoms with E-state index in [1.807, 2.05) is 26.0 Å². The molecule has 0 amide bonds. The van der Waals surface area contributed by atoms with Gasteiger partial charge in [-0.1, -0.05) is 26.0 Å². The fourth-order valence-electron chi connectivity index (χ4n) is 2.82. The summed E-state index contributed by atoms with van der Waals surface area (Å²) in [4.78, 5) is 4.52. The van der Waals surface area contributed by atoms with Gasteiger partial charge in [-0.3, -0.25) is 4.98 Å². The van der Waals surface area contributed by atoms with Gasteiger partial charge in [0.1, 0.15) is 0 Å². The van der Waals surface area contributed by atoms with Gasteiger partial charge in [-0.2, -0.15) is 4.31 Å². The molecular formula is C16H20N2O3S. The fourth-order valence-corrected chi connectivity index (χ4v) is 4.77. The van der Waals surface area contributed by atoms with E-state index in [1.54, 1.807) is 18.5 Å². The van der Waals surface area contributed by atoms with Crippen LogP contribution in [0.5, 0.6) is 0 Å². The van der Waals surface area contributed by atoms with E-state index in [1.165, 1.54) is 4.31 Å². The van der Waals surface area contributed by atoms with Crippen molar-refractivity contribution in [3.8, 4) is 0 Å². The standard InChI is InChI=1S/C16H20N2O3S/c1-12(2)14-4-3-13-11-17-6-5-15(13)16(14)22(19,20)18-7-9-21-10-8-18/h3-6,11-12H,7-10H2,1-2H3. The van der Waals surface area contributed by atoms with Crippen molar-refractivity contribution in [2.45, 2.75) is 24.7 Å². The number of hydrogen-bond donors (Lipinski definition) is 0. The molecule has 1 saturated heterocycles. The van der Waals surface area contributed by atoms with E-state index in [4.69, 9.17) is 4.74 Å². The summed E-state index contributed by atoms with van der Waals surface area (Å²) < 4.78 is 33.2. The number of pyridine rings is 1. The molecule has 0 radical (unpaired) electrons. The van der Waals surface area contributed by atoms with Crippen LogP contribution in [-0.4, -0.2) is 44.0 Å². The summed E-state index contributed by atoms with van der Waals surface area (Å²) in [6.07, 6.45) is 3.35. The van der Waals surface area contributed by atoms with E-state index in [0.29, 0.717) is 31.2 Å². The minimum Gasteiger partial charge on any atom is -0.379 e. The topological polar surface area (TPSA) is 59.5 Å². The predicted molar refractivity (Wildman–Crippen MR) is 85.4 cm³/mol. The summed E-state index contributed by atoms with van der Waals surface area (Å²) >= 11 is 0. The van der Waals surface area contributed by atoms with Crippen LogP contribution in [0.25, 0.3) is 10.8 Å². The Hall–Kier alpha value is -1.50.